The van der Waals surface area contributed by atoms with E-state index in [9.17, 15) is 4.79 Å². The quantitative estimate of drug-likeness (QED) is 0.914. The van der Waals surface area contributed by atoms with Crippen molar-refractivity contribution in [3.63, 3.8) is 0 Å². The van der Waals surface area contributed by atoms with E-state index in [2.05, 4.69) is 5.10 Å². The zero-order valence-electron chi connectivity index (χ0n) is 13.7. The summed E-state index contributed by atoms with van der Waals surface area (Å²) in [6.45, 7) is 6.18. The van der Waals surface area contributed by atoms with Crippen LogP contribution in [0.5, 0.6) is 0 Å². The Morgan fingerprint density at radius 1 is 1.39 bits per heavy atom. The van der Waals surface area contributed by atoms with Gasteiger partial charge in [-0.15, -0.1) is 0 Å². The first kappa shape index (κ1) is 16.7. The Morgan fingerprint density at radius 2 is 2.09 bits per heavy atom. The van der Waals surface area contributed by atoms with Crippen LogP contribution in [0.1, 0.15) is 49.5 Å². The maximum Gasteiger partial charge on any atom is 0.258 e. The third kappa shape index (κ3) is 3.25. The monoisotopic (exact) mass is 340 g/mol. The first-order valence-electron chi connectivity index (χ1n) is 8.38. The summed E-state index contributed by atoms with van der Waals surface area (Å²) in [5, 5.41) is 4.64. The first-order chi connectivity index (χ1) is 11.0. The fourth-order valence-corrected chi connectivity index (χ4v) is 3.93. The summed E-state index contributed by atoms with van der Waals surface area (Å²) in [6.07, 6.45) is 4.53. The van der Waals surface area contributed by atoms with Crippen molar-refractivity contribution in [3.8, 4) is 0 Å². The van der Waals surface area contributed by atoms with Gasteiger partial charge in [0.25, 0.3) is 5.91 Å². The largest absolute Gasteiger partial charge is 0.376 e. The SMILES string of the molecule is CC(C)n1ncc(C(=O)N2CCC([C@@H]3OCC[C@H]3N)CC2)c1Cl. The van der Waals surface area contributed by atoms with E-state index in [-0.39, 0.29) is 24.1 Å². The highest BCUT2D eigenvalue weighted by molar-refractivity contribution is 6.32. The number of amides is 1. The van der Waals surface area contributed by atoms with Gasteiger partial charge in [0.05, 0.1) is 17.9 Å². The molecule has 0 unspecified atom stereocenters. The Balaban J connectivity index is 1.62. The van der Waals surface area contributed by atoms with Gasteiger partial charge in [-0.1, -0.05) is 11.6 Å². The van der Waals surface area contributed by atoms with Crippen LogP contribution in [-0.4, -0.2) is 52.4 Å². The minimum absolute atomic E-state index is 0.0306. The standard InChI is InChI=1S/C16H25ClN4O2/c1-10(2)21-15(17)12(9-19-21)16(22)20-6-3-11(4-7-20)14-13(18)5-8-23-14/h9-11,13-14H,3-8,18H2,1-2H3/t13-,14+/m1/s1. The molecule has 6 nitrogen and oxygen atoms in total. The Kier molecular flexibility index (Phi) is 4.94. The number of ether oxygens (including phenoxy) is 1. The fraction of sp³-hybridized carbons (Fsp3) is 0.750. The van der Waals surface area contributed by atoms with Crippen LogP contribution >= 0.6 is 11.6 Å². The summed E-state index contributed by atoms with van der Waals surface area (Å²) in [4.78, 5) is 14.5. The van der Waals surface area contributed by atoms with Crippen LogP contribution in [0.25, 0.3) is 0 Å². The zero-order chi connectivity index (χ0) is 16.6. The van der Waals surface area contributed by atoms with Gasteiger partial charge in [-0.05, 0) is 39.0 Å². The number of nitrogens with zero attached hydrogens (tertiary/aromatic N) is 3. The molecule has 0 spiro atoms. The number of likely N-dealkylation sites (tertiary alicyclic amines) is 1. The Hall–Kier alpha value is -1.11. The van der Waals surface area contributed by atoms with E-state index in [0.717, 1.165) is 39.0 Å². The number of halogens is 1. The third-order valence-corrected chi connectivity index (χ3v) is 5.31. The molecule has 0 aromatic carbocycles. The Morgan fingerprint density at radius 3 is 2.61 bits per heavy atom. The smallest absolute Gasteiger partial charge is 0.258 e. The molecule has 3 rings (SSSR count). The summed E-state index contributed by atoms with van der Waals surface area (Å²) in [5.41, 5.74) is 6.61. The van der Waals surface area contributed by atoms with E-state index in [1.165, 1.54) is 0 Å². The average Bonchev–Trinajstić information content (AvgIpc) is 3.12. The minimum Gasteiger partial charge on any atom is -0.376 e. The molecule has 128 valence electrons. The molecule has 7 heteroatoms. The van der Waals surface area contributed by atoms with Crippen LogP contribution in [0.15, 0.2) is 6.20 Å². The molecule has 0 saturated carbocycles. The van der Waals surface area contributed by atoms with Gasteiger partial charge in [0.2, 0.25) is 0 Å². The highest BCUT2D eigenvalue weighted by Crippen LogP contribution is 2.30. The molecule has 3 heterocycles. The lowest BCUT2D eigenvalue weighted by molar-refractivity contribution is 0.0242. The summed E-state index contributed by atoms with van der Waals surface area (Å²) in [7, 11) is 0. The topological polar surface area (TPSA) is 73.4 Å². The van der Waals surface area contributed by atoms with Crippen LogP contribution in [-0.2, 0) is 4.74 Å². The van der Waals surface area contributed by atoms with Crippen LogP contribution in [0, 0.1) is 5.92 Å². The Labute approximate surface area is 141 Å². The van der Waals surface area contributed by atoms with Gasteiger partial charge in [0.15, 0.2) is 0 Å². The highest BCUT2D eigenvalue weighted by atomic mass is 35.5. The maximum atomic E-state index is 12.7. The van der Waals surface area contributed by atoms with Crippen molar-refractivity contribution >= 4 is 17.5 Å². The number of piperidine rings is 1. The van der Waals surface area contributed by atoms with Gasteiger partial charge >= 0.3 is 0 Å². The molecule has 2 N–H and O–H groups in total. The molecule has 2 aliphatic heterocycles. The lowest BCUT2D eigenvalue weighted by Gasteiger charge is -2.35. The predicted molar refractivity (Wildman–Crippen MR) is 88.6 cm³/mol. The van der Waals surface area contributed by atoms with Crippen LogP contribution < -0.4 is 5.73 Å². The fourth-order valence-electron chi connectivity index (χ4n) is 3.57. The lowest BCUT2D eigenvalue weighted by Crippen LogP contribution is -2.45. The average molecular weight is 341 g/mol. The van der Waals surface area contributed by atoms with E-state index >= 15 is 0 Å². The lowest BCUT2D eigenvalue weighted by atomic mass is 9.87. The van der Waals surface area contributed by atoms with Gasteiger partial charge in [0, 0.05) is 31.8 Å². The molecule has 0 aliphatic carbocycles. The molecule has 2 fully saturated rings. The van der Waals surface area contributed by atoms with Gasteiger partial charge < -0.3 is 15.4 Å². The van der Waals surface area contributed by atoms with Crippen molar-refractivity contribution in [2.45, 2.75) is 51.3 Å². The first-order valence-corrected chi connectivity index (χ1v) is 8.76. The van der Waals surface area contributed by atoms with Crippen molar-refractivity contribution in [2.24, 2.45) is 11.7 Å². The number of aromatic nitrogens is 2. The maximum absolute atomic E-state index is 12.7. The second-order valence-electron chi connectivity index (χ2n) is 6.80. The van der Waals surface area contributed by atoms with Crippen molar-refractivity contribution < 1.29 is 9.53 Å². The normalized spacial score (nSPS) is 26.2. The van der Waals surface area contributed by atoms with Gasteiger partial charge in [0.1, 0.15) is 5.15 Å². The zero-order valence-corrected chi connectivity index (χ0v) is 14.5. The molecule has 2 aliphatic rings. The van der Waals surface area contributed by atoms with Crippen LogP contribution in [0.2, 0.25) is 5.15 Å². The molecule has 2 atom stereocenters. The summed E-state index contributed by atoms with van der Waals surface area (Å²) >= 11 is 6.30. The van der Waals surface area contributed by atoms with Gasteiger partial charge in [-0.3, -0.25) is 9.48 Å². The molecule has 1 amide bonds. The second kappa shape index (κ2) is 6.79. The van der Waals surface area contributed by atoms with Crippen molar-refractivity contribution in [1.82, 2.24) is 14.7 Å². The van der Waals surface area contributed by atoms with E-state index in [4.69, 9.17) is 22.1 Å². The predicted octanol–water partition coefficient (Wildman–Crippen LogP) is 2.09. The number of nitrogens with two attached hydrogens (primary N) is 1. The van der Waals surface area contributed by atoms with Crippen LogP contribution in [0.4, 0.5) is 0 Å². The minimum atomic E-state index is -0.0306. The molecule has 1 aromatic rings. The number of rotatable bonds is 3. The van der Waals surface area contributed by atoms with Crippen molar-refractivity contribution in [2.75, 3.05) is 19.7 Å². The molecule has 0 radical (unpaired) electrons. The molecule has 1 aromatic heterocycles. The van der Waals surface area contributed by atoms with E-state index in [1.54, 1.807) is 10.9 Å². The summed E-state index contributed by atoms with van der Waals surface area (Å²) in [5.74, 6) is 0.419. The van der Waals surface area contributed by atoms with E-state index < -0.39 is 0 Å². The molecule has 2 saturated heterocycles. The number of hydrogen-bond donors (Lipinski definition) is 1. The third-order valence-electron chi connectivity index (χ3n) is 4.93. The molecule has 23 heavy (non-hydrogen) atoms. The second-order valence-corrected chi connectivity index (χ2v) is 7.16. The number of hydrogen-bond acceptors (Lipinski definition) is 4. The van der Waals surface area contributed by atoms with Gasteiger partial charge in [-0.25, -0.2) is 0 Å². The highest BCUT2D eigenvalue weighted by Gasteiger charge is 2.36. The van der Waals surface area contributed by atoms with E-state index in [0.29, 0.717) is 16.6 Å². The molecular weight excluding hydrogens is 316 g/mol. The molecular formula is C16H25ClN4O2. The van der Waals surface area contributed by atoms with Crippen molar-refractivity contribution in [3.05, 3.63) is 16.9 Å². The Bertz CT molecular complexity index is 566. The van der Waals surface area contributed by atoms with Gasteiger partial charge in [-0.2, -0.15) is 5.10 Å². The number of carbonyl (C=O) groups excluding carboxylic acids is 1. The van der Waals surface area contributed by atoms with E-state index in [1.807, 2.05) is 18.7 Å². The molecule has 0 bridgehead atoms. The summed E-state index contributed by atoms with van der Waals surface area (Å²) in [6, 6.07) is 0.275. The van der Waals surface area contributed by atoms with Crippen molar-refractivity contribution in [1.29, 1.82) is 0 Å². The number of carbonyl (C=O) groups is 1. The summed E-state index contributed by atoms with van der Waals surface area (Å²) < 4.78 is 7.44. The van der Waals surface area contributed by atoms with Crippen LogP contribution in [0.3, 0.4) is 0 Å².